The first-order valence-corrected chi connectivity index (χ1v) is 15.4. The SMILES string of the molecule is CC[C@H](C(=O)NC1CCCCC1)N(C(=O)c1snc(C(=O)NC2CCCCC2)c1N)c1cccc2ccccc12. The average molecular weight is 562 g/mol. The number of carbonyl (C=O) groups excluding carboxylic acids is 3. The van der Waals surface area contributed by atoms with Gasteiger partial charge in [-0.3, -0.25) is 19.3 Å². The minimum atomic E-state index is -0.749. The fraction of sp³-hybridized carbons (Fsp3) is 0.484. The van der Waals surface area contributed by atoms with Gasteiger partial charge in [0.25, 0.3) is 11.8 Å². The van der Waals surface area contributed by atoms with Gasteiger partial charge in [0.2, 0.25) is 5.91 Å². The van der Waals surface area contributed by atoms with Crippen LogP contribution in [0.15, 0.2) is 42.5 Å². The average Bonchev–Trinajstić information content (AvgIpc) is 3.37. The molecule has 2 saturated carbocycles. The second kappa shape index (κ2) is 12.8. The van der Waals surface area contributed by atoms with Crippen molar-refractivity contribution in [2.45, 2.75) is 95.7 Å². The standard InChI is InChI=1S/C31H39N5O3S/c1-2-24(29(37)33-21-14-5-3-6-15-21)36(25-19-11-13-20-12-9-10-18-23(20)25)31(39)28-26(32)27(35-40-28)30(38)34-22-16-7-4-8-17-22/h9-13,18-19,21-22,24H,2-8,14-17,32H2,1H3,(H,33,37)(H,34,38)/t24-/m1/s1. The Morgan fingerprint density at radius 3 is 2.23 bits per heavy atom. The first-order valence-electron chi connectivity index (χ1n) is 14.7. The smallest absolute Gasteiger partial charge is 0.273 e. The zero-order chi connectivity index (χ0) is 28.1. The predicted octanol–water partition coefficient (Wildman–Crippen LogP) is 5.82. The highest BCUT2D eigenvalue weighted by Crippen LogP contribution is 2.33. The summed E-state index contributed by atoms with van der Waals surface area (Å²) in [6.45, 7) is 1.91. The van der Waals surface area contributed by atoms with Gasteiger partial charge < -0.3 is 16.4 Å². The van der Waals surface area contributed by atoms with Gasteiger partial charge in [0.15, 0.2) is 5.69 Å². The van der Waals surface area contributed by atoms with E-state index in [4.69, 9.17) is 5.73 Å². The van der Waals surface area contributed by atoms with E-state index in [0.717, 1.165) is 73.7 Å². The van der Waals surface area contributed by atoms with E-state index in [9.17, 15) is 14.4 Å². The summed E-state index contributed by atoms with van der Waals surface area (Å²) < 4.78 is 4.32. The number of anilines is 2. The van der Waals surface area contributed by atoms with Gasteiger partial charge in [0, 0.05) is 17.5 Å². The predicted molar refractivity (Wildman–Crippen MR) is 161 cm³/mol. The van der Waals surface area contributed by atoms with Crippen molar-refractivity contribution in [2.24, 2.45) is 0 Å². The summed E-state index contributed by atoms with van der Waals surface area (Å²) in [6.07, 6.45) is 10.9. The summed E-state index contributed by atoms with van der Waals surface area (Å²) in [6, 6.07) is 13.0. The Morgan fingerprint density at radius 1 is 0.925 bits per heavy atom. The van der Waals surface area contributed by atoms with Crippen molar-refractivity contribution in [2.75, 3.05) is 10.6 Å². The molecule has 4 N–H and O–H groups in total. The maximum atomic E-state index is 14.3. The van der Waals surface area contributed by atoms with Crippen molar-refractivity contribution in [1.82, 2.24) is 15.0 Å². The van der Waals surface area contributed by atoms with Crippen LogP contribution in [0.3, 0.4) is 0 Å². The van der Waals surface area contributed by atoms with Crippen molar-refractivity contribution < 1.29 is 14.4 Å². The van der Waals surface area contributed by atoms with Crippen LogP contribution in [0.5, 0.6) is 0 Å². The zero-order valence-electron chi connectivity index (χ0n) is 23.2. The fourth-order valence-corrected chi connectivity index (χ4v) is 6.83. The Morgan fingerprint density at radius 2 is 1.55 bits per heavy atom. The molecule has 2 fully saturated rings. The first kappa shape index (κ1) is 28.1. The van der Waals surface area contributed by atoms with Crippen LogP contribution in [-0.2, 0) is 4.79 Å². The number of amides is 3. The van der Waals surface area contributed by atoms with E-state index in [1.165, 1.54) is 12.8 Å². The van der Waals surface area contributed by atoms with Gasteiger partial charge in [0.05, 0.1) is 11.4 Å². The summed E-state index contributed by atoms with van der Waals surface area (Å²) in [5.41, 5.74) is 7.22. The number of carbonyl (C=O) groups is 3. The summed E-state index contributed by atoms with van der Waals surface area (Å²) in [5.74, 6) is -0.943. The first-order chi connectivity index (χ1) is 19.5. The van der Waals surface area contributed by atoms with Gasteiger partial charge in [-0.25, -0.2) is 0 Å². The molecule has 2 aliphatic carbocycles. The number of hydrogen-bond acceptors (Lipinski definition) is 6. The Labute approximate surface area is 239 Å². The molecule has 0 unspecified atom stereocenters. The molecule has 9 heteroatoms. The third-order valence-electron chi connectivity index (χ3n) is 8.28. The molecule has 0 radical (unpaired) electrons. The molecule has 0 bridgehead atoms. The summed E-state index contributed by atoms with van der Waals surface area (Å²) in [7, 11) is 0. The molecule has 0 aliphatic heterocycles. The highest BCUT2D eigenvalue weighted by Gasteiger charge is 2.36. The number of nitrogen functional groups attached to an aromatic ring is 1. The van der Waals surface area contributed by atoms with Crippen LogP contribution in [-0.4, -0.2) is 40.2 Å². The van der Waals surface area contributed by atoms with Crippen LogP contribution in [0.1, 0.15) is 97.7 Å². The summed E-state index contributed by atoms with van der Waals surface area (Å²) in [5, 5.41) is 8.09. The largest absolute Gasteiger partial charge is 0.395 e. The molecule has 1 heterocycles. The van der Waals surface area contributed by atoms with Gasteiger partial charge in [0.1, 0.15) is 10.9 Å². The quantitative estimate of drug-likeness (QED) is 0.321. The third-order valence-corrected chi connectivity index (χ3v) is 9.13. The van der Waals surface area contributed by atoms with Crippen LogP contribution in [0.2, 0.25) is 0 Å². The molecule has 2 aliphatic rings. The van der Waals surface area contributed by atoms with Gasteiger partial charge in [-0.2, -0.15) is 4.37 Å². The van der Waals surface area contributed by atoms with E-state index in [1.54, 1.807) is 4.90 Å². The third kappa shape index (κ3) is 5.99. The molecule has 0 spiro atoms. The number of nitrogens with two attached hydrogens (primary N) is 1. The maximum absolute atomic E-state index is 14.3. The van der Waals surface area contributed by atoms with Crippen LogP contribution in [0.4, 0.5) is 11.4 Å². The van der Waals surface area contributed by atoms with Gasteiger partial charge >= 0.3 is 0 Å². The van der Waals surface area contributed by atoms with Crippen molar-refractivity contribution in [3.63, 3.8) is 0 Å². The van der Waals surface area contributed by atoms with Crippen LogP contribution in [0, 0.1) is 0 Å². The summed E-state index contributed by atoms with van der Waals surface area (Å²) in [4.78, 5) is 42.9. The number of benzene rings is 2. The molecule has 1 aromatic heterocycles. The van der Waals surface area contributed by atoms with E-state index >= 15 is 0 Å². The molecule has 3 amide bonds. The Kier molecular flexibility index (Phi) is 8.99. The molecule has 3 aromatic rings. The van der Waals surface area contributed by atoms with Crippen LogP contribution >= 0.6 is 11.5 Å². The zero-order valence-corrected chi connectivity index (χ0v) is 24.0. The second-order valence-corrected chi connectivity index (χ2v) is 11.8. The lowest BCUT2D eigenvalue weighted by molar-refractivity contribution is -0.123. The number of nitrogens with one attached hydrogen (secondary N) is 2. The minimum Gasteiger partial charge on any atom is -0.395 e. The van der Waals surface area contributed by atoms with E-state index < -0.39 is 11.9 Å². The highest BCUT2D eigenvalue weighted by molar-refractivity contribution is 7.09. The van der Waals surface area contributed by atoms with E-state index in [1.807, 2.05) is 49.4 Å². The van der Waals surface area contributed by atoms with Crippen molar-refractivity contribution in [3.05, 3.63) is 53.0 Å². The highest BCUT2D eigenvalue weighted by atomic mass is 32.1. The fourth-order valence-electron chi connectivity index (χ4n) is 6.09. The Balaban J connectivity index is 1.49. The lowest BCUT2D eigenvalue weighted by Crippen LogP contribution is -2.52. The van der Waals surface area contributed by atoms with Gasteiger partial charge in [-0.15, -0.1) is 0 Å². The Bertz CT molecular complexity index is 1350. The van der Waals surface area contributed by atoms with Gasteiger partial charge in [-0.1, -0.05) is 81.8 Å². The second-order valence-electron chi connectivity index (χ2n) is 11.0. The number of aromatic nitrogens is 1. The van der Waals surface area contributed by atoms with E-state index in [2.05, 4.69) is 15.0 Å². The normalized spacial score (nSPS) is 17.3. The maximum Gasteiger partial charge on any atom is 0.273 e. The minimum absolute atomic E-state index is 0.0658. The van der Waals surface area contributed by atoms with Gasteiger partial charge in [-0.05, 0) is 55.1 Å². The molecule has 8 nitrogen and oxygen atoms in total. The molecule has 5 rings (SSSR count). The monoisotopic (exact) mass is 561 g/mol. The molecule has 0 saturated heterocycles. The molecule has 40 heavy (non-hydrogen) atoms. The molecular formula is C31H39N5O3S. The molecule has 212 valence electrons. The van der Waals surface area contributed by atoms with Crippen molar-refractivity contribution >= 4 is 51.4 Å². The van der Waals surface area contributed by atoms with E-state index in [0.29, 0.717) is 12.1 Å². The van der Waals surface area contributed by atoms with Crippen LogP contribution in [0.25, 0.3) is 10.8 Å². The lowest BCUT2D eigenvalue weighted by atomic mass is 9.95. The van der Waals surface area contributed by atoms with Crippen molar-refractivity contribution in [3.8, 4) is 0 Å². The number of nitrogens with zero attached hydrogens (tertiary/aromatic N) is 2. The molecule has 2 aromatic carbocycles. The Hall–Kier alpha value is -3.46. The number of rotatable bonds is 8. The topological polar surface area (TPSA) is 117 Å². The molecular weight excluding hydrogens is 522 g/mol. The van der Waals surface area contributed by atoms with E-state index in [-0.39, 0.29) is 40.2 Å². The lowest BCUT2D eigenvalue weighted by Gasteiger charge is -2.33. The van der Waals surface area contributed by atoms with Crippen LogP contribution < -0.4 is 21.3 Å². The molecule has 1 atom stereocenters. The number of hydrogen-bond donors (Lipinski definition) is 3. The summed E-state index contributed by atoms with van der Waals surface area (Å²) >= 11 is 0.920. The van der Waals surface area contributed by atoms with Crippen molar-refractivity contribution in [1.29, 1.82) is 0 Å². The number of fused-ring (bicyclic) bond motifs is 1.